The van der Waals surface area contributed by atoms with Crippen molar-refractivity contribution in [1.29, 1.82) is 0 Å². The summed E-state index contributed by atoms with van der Waals surface area (Å²) in [6.45, 7) is 0.562. The first kappa shape index (κ1) is 28.9. The highest BCUT2D eigenvalue weighted by atomic mass is 35.5. The zero-order valence-electron chi connectivity index (χ0n) is 21.4. The highest BCUT2D eigenvalue weighted by Gasteiger charge is 2.36. The van der Waals surface area contributed by atoms with E-state index in [9.17, 15) is 23.2 Å². The average molecular weight is 603 g/mol. The van der Waals surface area contributed by atoms with Crippen molar-refractivity contribution in [3.8, 4) is 11.4 Å². The van der Waals surface area contributed by atoms with Crippen molar-refractivity contribution in [2.24, 2.45) is 0 Å². The number of pyridine rings is 2. The monoisotopic (exact) mass is 602 g/mol. The smallest absolute Gasteiger partial charge is 0.433 e. The Bertz CT molecular complexity index is 1540. The summed E-state index contributed by atoms with van der Waals surface area (Å²) in [6.07, 6.45) is 0.313. The number of aromatic nitrogens is 4. The maximum Gasteiger partial charge on any atom is 0.433 e. The number of likely N-dealkylation sites (tertiary alicyclic amines) is 1. The van der Waals surface area contributed by atoms with Crippen LogP contribution in [0.1, 0.15) is 46.1 Å². The van der Waals surface area contributed by atoms with Gasteiger partial charge in [-0.2, -0.15) is 13.2 Å². The molecule has 1 saturated heterocycles. The molecule has 0 aliphatic carbocycles. The van der Waals surface area contributed by atoms with Crippen molar-refractivity contribution in [3.63, 3.8) is 0 Å². The third-order valence-corrected chi connectivity index (χ3v) is 7.31. The highest BCUT2D eigenvalue weighted by Crippen LogP contribution is 2.38. The quantitative estimate of drug-likeness (QED) is 0.146. The molecule has 1 aromatic carbocycles. The first-order valence-electron chi connectivity index (χ1n) is 12.6. The molecule has 0 atom stereocenters. The molecular weight excluding hydrogens is 580 g/mol. The molecule has 4 aromatic rings. The molecular formula is C28H23Cl2F3N6O2. The van der Waals surface area contributed by atoms with Gasteiger partial charge in [0, 0.05) is 54.0 Å². The topological polar surface area (TPSA) is 104 Å². The number of hydroxylamine groups is 3. The Balaban J connectivity index is 1.30. The largest absolute Gasteiger partial charge is 0.633 e. The third kappa shape index (κ3) is 6.99. The van der Waals surface area contributed by atoms with E-state index in [1.165, 1.54) is 36.8 Å². The van der Waals surface area contributed by atoms with Crippen LogP contribution in [0.2, 0.25) is 10.2 Å². The van der Waals surface area contributed by atoms with E-state index in [4.69, 9.17) is 23.2 Å². The van der Waals surface area contributed by atoms with Gasteiger partial charge in [-0.15, -0.1) is 0 Å². The SMILES string of the molecule is O=C(Nc1ccc(C(F)(F)F)nc1C1CC[N+]([O-])(Cc2ccc(-c3ncc(Cl)cn3)cc2)CC1)c1ccnc(Cl)c1. The van der Waals surface area contributed by atoms with Gasteiger partial charge in [-0.1, -0.05) is 47.5 Å². The fraction of sp³-hybridized carbons (Fsp3) is 0.250. The van der Waals surface area contributed by atoms with E-state index < -0.39 is 28.3 Å². The molecule has 8 nitrogen and oxygen atoms in total. The predicted molar refractivity (Wildman–Crippen MR) is 148 cm³/mol. The van der Waals surface area contributed by atoms with E-state index >= 15 is 0 Å². The highest BCUT2D eigenvalue weighted by molar-refractivity contribution is 6.30. The Kier molecular flexibility index (Phi) is 8.23. The number of carbonyl (C=O) groups excluding carboxylic acids is 1. The van der Waals surface area contributed by atoms with Crippen LogP contribution in [-0.2, 0) is 12.7 Å². The van der Waals surface area contributed by atoms with Gasteiger partial charge in [-0.25, -0.2) is 19.9 Å². The second kappa shape index (κ2) is 11.7. The molecule has 1 aliphatic rings. The Labute approximate surface area is 243 Å². The Morgan fingerprint density at radius 1 is 1.00 bits per heavy atom. The molecule has 0 unspecified atom stereocenters. The molecule has 13 heteroatoms. The minimum Gasteiger partial charge on any atom is -0.633 e. The zero-order valence-corrected chi connectivity index (χ0v) is 22.9. The Morgan fingerprint density at radius 3 is 2.32 bits per heavy atom. The molecule has 1 aliphatic heterocycles. The summed E-state index contributed by atoms with van der Waals surface area (Å²) < 4.78 is 40.0. The lowest BCUT2D eigenvalue weighted by atomic mass is 9.91. The second-order valence-corrected chi connectivity index (χ2v) is 10.6. The van der Waals surface area contributed by atoms with Gasteiger partial charge in [0.1, 0.15) is 17.4 Å². The van der Waals surface area contributed by atoms with Gasteiger partial charge in [0.2, 0.25) is 0 Å². The predicted octanol–water partition coefficient (Wildman–Crippen LogP) is 6.90. The molecule has 4 heterocycles. The fourth-order valence-electron chi connectivity index (χ4n) is 4.81. The van der Waals surface area contributed by atoms with Crippen molar-refractivity contribution in [2.45, 2.75) is 31.5 Å². The lowest BCUT2D eigenvalue weighted by Crippen LogP contribution is -2.47. The second-order valence-electron chi connectivity index (χ2n) is 9.81. The number of rotatable bonds is 6. The number of hydrogen-bond donors (Lipinski definition) is 1. The molecule has 0 radical (unpaired) electrons. The van der Waals surface area contributed by atoms with Gasteiger partial charge in [-0.3, -0.25) is 4.79 Å². The first-order chi connectivity index (χ1) is 19.5. The number of quaternary nitrogens is 1. The molecule has 1 N–H and O–H groups in total. The van der Waals surface area contributed by atoms with Gasteiger partial charge in [0.05, 0.1) is 29.5 Å². The molecule has 5 rings (SSSR count). The van der Waals surface area contributed by atoms with Crippen molar-refractivity contribution < 1.29 is 22.6 Å². The van der Waals surface area contributed by atoms with Crippen LogP contribution in [0.3, 0.4) is 0 Å². The third-order valence-electron chi connectivity index (χ3n) is 6.91. The van der Waals surface area contributed by atoms with Crippen molar-refractivity contribution >= 4 is 34.8 Å². The van der Waals surface area contributed by atoms with E-state index in [-0.39, 0.29) is 41.7 Å². The van der Waals surface area contributed by atoms with Gasteiger partial charge in [0.15, 0.2) is 5.82 Å². The van der Waals surface area contributed by atoms with Gasteiger partial charge >= 0.3 is 6.18 Å². The number of nitrogens with zero attached hydrogens (tertiary/aromatic N) is 5. The van der Waals surface area contributed by atoms with E-state index in [0.29, 0.717) is 23.7 Å². The van der Waals surface area contributed by atoms with Crippen LogP contribution in [0.4, 0.5) is 18.9 Å². The number of hydrogen-bond acceptors (Lipinski definition) is 6. The van der Waals surface area contributed by atoms with Gasteiger partial charge < -0.3 is 15.2 Å². The molecule has 212 valence electrons. The minimum absolute atomic E-state index is 0.104. The maximum atomic E-state index is 13.6. The van der Waals surface area contributed by atoms with Gasteiger partial charge in [0.25, 0.3) is 5.91 Å². The van der Waals surface area contributed by atoms with Crippen LogP contribution in [0, 0.1) is 5.21 Å². The number of piperidine rings is 1. The molecule has 0 saturated carbocycles. The number of carbonyl (C=O) groups is 1. The summed E-state index contributed by atoms with van der Waals surface area (Å²) in [5.74, 6) is -0.496. The molecule has 1 amide bonds. The van der Waals surface area contributed by atoms with Crippen LogP contribution in [0.15, 0.2) is 67.1 Å². The summed E-state index contributed by atoms with van der Waals surface area (Å²) in [6, 6.07) is 12.2. The van der Waals surface area contributed by atoms with Crippen molar-refractivity contribution in [1.82, 2.24) is 19.9 Å². The van der Waals surface area contributed by atoms with E-state index in [2.05, 4.69) is 25.3 Å². The van der Waals surface area contributed by atoms with Crippen LogP contribution >= 0.6 is 23.2 Å². The molecule has 41 heavy (non-hydrogen) atoms. The van der Waals surface area contributed by atoms with Crippen molar-refractivity contribution in [2.75, 3.05) is 18.4 Å². The summed E-state index contributed by atoms with van der Waals surface area (Å²) in [7, 11) is 0. The summed E-state index contributed by atoms with van der Waals surface area (Å²) in [5, 5.41) is 16.8. The van der Waals surface area contributed by atoms with E-state index in [1.807, 2.05) is 24.3 Å². The number of alkyl halides is 3. The van der Waals surface area contributed by atoms with Crippen LogP contribution in [-0.4, -0.2) is 43.6 Å². The van der Waals surface area contributed by atoms with Crippen molar-refractivity contribution in [3.05, 3.63) is 105 Å². The zero-order chi connectivity index (χ0) is 29.2. The van der Waals surface area contributed by atoms with Crippen LogP contribution in [0.5, 0.6) is 0 Å². The fourth-order valence-corrected chi connectivity index (χ4v) is 5.08. The number of benzene rings is 1. The standard InChI is InChI=1S/C28H23Cl2F3N6O2/c29-21-14-35-26(36-15-21)19-3-1-17(2-4-19)16-39(41)11-8-18(9-12-39)25-22(5-6-23(38-25)28(31,32)33)37-27(40)20-7-10-34-24(30)13-20/h1-7,10,13-15,18H,8-9,11-12,16H2,(H,37,40). The number of nitrogens with one attached hydrogen (secondary N) is 1. The first-order valence-corrected chi connectivity index (χ1v) is 13.4. The van der Waals surface area contributed by atoms with Crippen LogP contribution in [0.25, 0.3) is 11.4 Å². The molecule has 3 aromatic heterocycles. The Morgan fingerprint density at radius 2 is 1.68 bits per heavy atom. The van der Waals surface area contributed by atoms with Crippen LogP contribution < -0.4 is 5.32 Å². The number of anilines is 1. The molecule has 0 bridgehead atoms. The summed E-state index contributed by atoms with van der Waals surface area (Å²) >= 11 is 11.7. The summed E-state index contributed by atoms with van der Waals surface area (Å²) in [5.41, 5.74) is 0.996. The normalized spacial score (nSPS) is 19.1. The van der Waals surface area contributed by atoms with Gasteiger partial charge in [-0.05, 0) is 24.3 Å². The lowest BCUT2D eigenvalue weighted by molar-refractivity contribution is -0.899. The lowest BCUT2D eigenvalue weighted by Gasteiger charge is -2.47. The molecule has 1 fully saturated rings. The number of halogens is 5. The summed E-state index contributed by atoms with van der Waals surface area (Å²) in [4.78, 5) is 28.9. The average Bonchev–Trinajstić information content (AvgIpc) is 2.94. The number of amides is 1. The Hall–Kier alpha value is -3.64. The van der Waals surface area contributed by atoms with E-state index in [0.717, 1.165) is 17.2 Å². The maximum absolute atomic E-state index is 13.6. The van der Waals surface area contributed by atoms with E-state index in [1.54, 1.807) is 0 Å². The minimum atomic E-state index is -4.66. The molecule has 0 spiro atoms.